The monoisotopic (exact) mass is 360 g/mol. The molecule has 0 aliphatic carbocycles. The van der Waals surface area contributed by atoms with Gasteiger partial charge in [0.1, 0.15) is 10.8 Å². The first-order valence-corrected chi connectivity index (χ1v) is 7.32. The Balaban J connectivity index is 2.50. The van der Waals surface area contributed by atoms with Crippen LogP contribution >= 0.6 is 38.9 Å². The maximum atomic E-state index is 12.4. The molecule has 3 nitrogen and oxygen atoms in total. The first-order chi connectivity index (χ1) is 9.08. The van der Waals surface area contributed by atoms with E-state index in [1.165, 1.54) is 25.6 Å². The summed E-state index contributed by atoms with van der Waals surface area (Å²) in [4.78, 5) is 12.4. The molecule has 0 amide bonds. The Labute approximate surface area is 128 Å². The third-order valence-electron chi connectivity index (χ3n) is 2.56. The minimum Gasteiger partial charge on any atom is -0.495 e. The molecular formula is C13H10BrClO3S. The highest BCUT2D eigenvalue weighted by atomic mass is 79.9. The van der Waals surface area contributed by atoms with Gasteiger partial charge in [-0.25, -0.2) is 0 Å². The lowest BCUT2D eigenvalue weighted by Crippen LogP contribution is -2.04. The van der Waals surface area contributed by atoms with Crippen molar-refractivity contribution in [3.05, 3.63) is 43.5 Å². The van der Waals surface area contributed by atoms with E-state index in [0.717, 1.165) is 3.79 Å². The van der Waals surface area contributed by atoms with Gasteiger partial charge in [0, 0.05) is 10.9 Å². The highest BCUT2D eigenvalue weighted by Gasteiger charge is 2.20. The lowest BCUT2D eigenvalue weighted by Gasteiger charge is -2.11. The van der Waals surface area contributed by atoms with Gasteiger partial charge >= 0.3 is 0 Å². The van der Waals surface area contributed by atoms with Gasteiger partial charge in [-0.3, -0.25) is 4.79 Å². The van der Waals surface area contributed by atoms with Gasteiger partial charge in [-0.2, -0.15) is 0 Å². The molecule has 0 unspecified atom stereocenters. The molecule has 0 N–H and O–H groups in total. The van der Waals surface area contributed by atoms with Crippen molar-refractivity contribution in [1.82, 2.24) is 0 Å². The number of ketones is 1. The lowest BCUT2D eigenvalue weighted by molar-refractivity contribution is 0.103. The SMILES string of the molecule is COc1ccc(C(=O)c2csc(Br)c2)c(OC)c1Cl. The average Bonchev–Trinajstić information content (AvgIpc) is 2.84. The highest BCUT2D eigenvalue weighted by Crippen LogP contribution is 2.38. The van der Waals surface area contributed by atoms with Crippen LogP contribution in [0.3, 0.4) is 0 Å². The molecule has 0 aliphatic rings. The van der Waals surface area contributed by atoms with Crippen LogP contribution in [0.1, 0.15) is 15.9 Å². The molecule has 19 heavy (non-hydrogen) atoms. The van der Waals surface area contributed by atoms with Crippen LogP contribution < -0.4 is 9.47 Å². The second kappa shape index (κ2) is 5.94. The molecule has 1 aromatic carbocycles. The van der Waals surface area contributed by atoms with Gasteiger partial charge in [0.05, 0.1) is 23.6 Å². The molecule has 2 rings (SSSR count). The van der Waals surface area contributed by atoms with Gasteiger partial charge < -0.3 is 9.47 Å². The zero-order valence-electron chi connectivity index (χ0n) is 10.2. The molecule has 1 aromatic heterocycles. The fraction of sp³-hybridized carbons (Fsp3) is 0.154. The second-order valence-corrected chi connectivity index (χ2v) is 6.30. The van der Waals surface area contributed by atoms with Gasteiger partial charge in [-0.1, -0.05) is 11.6 Å². The van der Waals surface area contributed by atoms with E-state index in [-0.39, 0.29) is 5.78 Å². The van der Waals surface area contributed by atoms with E-state index in [2.05, 4.69) is 15.9 Å². The van der Waals surface area contributed by atoms with Crippen LogP contribution in [0.25, 0.3) is 0 Å². The van der Waals surface area contributed by atoms with Gasteiger partial charge in [-0.05, 0) is 34.1 Å². The first-order valence-electron chi connectivity index (χ1n) is 5.27. The maximum absolute atomic E-state index is 12.4. The molecule has 2 aromatic rings. The van der Waals surface area contributed by atoms with Crippen molar-refractivity contribution in [2.75, 3.05) is 14.2 Å². The van der Waals surface area contributed by atoms with Gasteiger partial charge in [0.15, 0.2) is 11.5 Å². The lowest BCUT2D eigenvalue weighted by atomic mass is 10.0. The Kier molecular flexibility index (Phi) is 4.50. The second-order valence-electron chi connectivity index (χ2n) is 3.63. The number of carbonyl (C=O) groups excluding carboxylic acids is 1. The Morgan fingerprint density at radius 3 is 2.58 bits per heavy atom. The number of rotatable bonds is 4. The summed E-state index contributed by atoms with van der Waals surface area (Å²) in [5.41, 5.74) is 1.01. The summed E-state index contributed by atoms with van der Waals surface area (Å²) in [5.74, 6) is 0.665. The van der Waals surface area contributed by atoms with Crippen molar-refractivity contribution in [3.8, 4) is 11.5 Å². The summed E-state index contributed by atoms with van der Waals surface area (Å²) in [6.45, 7) is 0. The first kappa shape index (κ1) is 14.4. The summed E-state index contributed by atoms with van der Waals surface area (Å²) in [7, 11) is 2.99. The van der Waals surface area contributed by atoms with Crippen molar-refractivity contribution in [1.29, 1.82) is 0 Å². The van der Waals surface area contributed by atoms with Crippen LogP contribution in [0.15, 0.2) is 27.4 Å². The zero-order chi connectivity index (χ0) is 14.0. The summed E-state index contributed by atoms with van der Waals surface area (Å²) in [6.07, 6.45) is 0. The van der Waals surface area contributed by atoms with Crippen LogP contribution in [0.2, 0.25) is 5.02 Å². The Bertz CT molecular complexity index is 624. The van der Waals surface area contributed by atoms with Gasteiger partial charge in [0.2, 0.25) is 0 Å². The van der Waals surface area contributed by atoms with E-state index in [0.29, 0.717) is 27.6 Å². The minimum absolute atomic E-state index is 0.136. The van der Waals surface area contributed by atoms with Crippen LogP contribution in [-0.4, -0.2) is 20.0 Å². The molecule has 6 heteroatoms. The predicted molar refractivity (Wildman–Crippen MR) is 80.0 cm³/mol. The Morgan fingerprint density at radius 2 is 2.05 bits per heavy atom. The predicted octanol–water partition coefficient (Wildman–Crippen LogP) is 4.41. The molecule has 0 bridgehead atoms. The van der Waals surface area contributed by atoms with Crippen molar-refractivity contribution in [2.24, 2.45) is 0 Å². The molecule has 0 saturated carbocycles. The summed E-state index contributed by atoms with van der Waals surface area (Å²) < 4.78 is 11.2. The third kappa shape index (κ3) is 2.78. The molecule has 0 aliphatic heterocycles. The number of carbonyl (C=O) groups is 1. The van der Waals surface area contributed by atoms with Crippen LogP contribution in [-0.2, 0) is 0 Å². The Morgan fingerprint density at radius 1 is 1.32 bits per heavy atom. The van der Waals surface area contributed by atoms with Crippen molar-refractivity contribution >= 4 is 44.7 Å². The van der Waals surface area contributed by atoms with Crippen molar-refractivity contribution in [3.63, 3.8) is 0 Å². The van der Waals surface area contributed by atoms with Gasteiger partial charge in [-0.15, -0.1) is 11.3 Å². The third-order valence-corrected chi connectivity index (χ3v) is 4.42. The number of hydrogen-bond donors (Lipinski definition) is 0. The van der Waals surface area contributed by atoms with E-state index in [4.69, 9.17) is 21.1 Å². The largest absolute Gasteiger partial charge is 0.495 e. The van der Waals surface area contributed by atoms with E-state index < -0.39 is 0 Å². The molecule has 0 spiro atoms. The summed E-state index contributed by atoms with van der Waals surface area (Å²) in [5, 5.41) is 2.08. The summed E-state index contributed by atoms with van der Waals surface area (Å²) >= 11 is 10.9. The van der Waals surface area contributed by atoms with E-state index in [1.54, 1.807) is 23.6 Å². The number of thiophene rings is 1. The smallest absolute Gasteiger partial charge is 0.197 e. The maximum Gasteiger partial charge on any atom is 0.197 e. The highest BCUT2D eigenvalue weighted by molar-refractivity contribution is 9.11. The van der Waals surface area contributed by atoms with E-state index in [9.17, 15) is 4.79 Å². The molecule has 0 atom stereocenters. The van der Waals surface area contributed by atoms with Crippen LogP contribution in [0, 0.1) is 0 Å². The summed E-state index contributed by atoms with van der Waals surface area (Å²) in [6, 6.07) is 5.07. The quantitative estimate of drug-likeness (QED) is 0.757. The molecule has 0 saturated heterocycles. The topological polar surface area (TPSA) is 35.5 Å². The number of hydrogen-bond acceptors (Lipinski definition) is 4. The minimum atomic E-state index is -0.136. The standard InChI is InChI=1S/C13H10BrClO3S/c1-17-9-4-3-8(13(18-2)11(9)15)12(16)7-5-10(14)19-6-7/h3-6H,1-2H3. The molecule has 1 heterocycles. The number of methoxy groups -OCH3 is 2. The van der Waals surface area contributed by atoms with Crippen LogP contribution in [0.4, 0.5) is 0 Å². The molecular weight excluding hydrogens is 352 g/mol. The molecule has 0 radical (unpaired) electrons. The zero-order valence-corrected chi connectivity index (χ0v) is 13.4. The Hall–Kier alpha value is -1.04. The number of ether oxygens (including phenoxy) is 2. The fourth-order valence-electron chi connectivity index (χ4n) is 1.66. The fourth-order valence-corrected chi connectivity index (χ4v) is 3.11. The van der Waals surface area contributed by atoms with Crippen molar-refractivity contribution < 1.29 is 14.3 Å². The van der Waals surface area contributed by atoms with E-state index >= 15 is 0 Å². The molecule has 100 valence electrons. The van der Waals surface area contributed by atoms with Gasteiger partial charge in [0.25, 0.3) is 0 Å². The van der Waals surface area contributed by atoms with E-state index in [1.807, 2.05) is 0 Å². The number of halogens is 2. The normalized spacial score (nSPS) is 10.3. The molecule has 0 fully saturated rings. The van der Waals surface area contributed by atoms with Crippen molar-refractivity contribution in [2.45, 2.75) is 0 Å². The number of benzene rings is 1. The van der Waals surface area contributed by atoms with Crippen LogP contribution in [0.5, 0.6) is 11.5 Å². The average molecular weight is 362 g/mol.